The Bertz CT molecular complexity index is 450. The summed E-state index contributed by atoms with van der Waals surface area (Å²) in [5.74, 6) is 0.757. The Balaban J connectivity index is 1.88. The minimum absolute atomic E-state index is 0.159. The molecular formula is C19H29NO. The van der Waals surface area contributed by atoms with Gasteiger partial charge >= 0.3 is 0 Å². The maximum Gasteiger partial charge on any atom is 0.0691 e. The van der Waals surface area contributed by atoms with E-state index in [0.717, 1.165) is 18.9 Å². The fraction of sp³-hybridized carbons (Fsp3) is 0.737. The summed E-state index contributed by atoms with van der Waals surface area (Å²) in [6, 6.07) is 6.43. The lowest BCUT2D eigenvalue weighted by Gasteiger charge is -2.46. The molecule has 2 aliphatic rings. The molecule has 1 aliphatic heterocycles. The average Bonchev–Trinajstić information content (AvgIpc) is 2.94. The summed E-state index contributed by atoms with van der Waals surface area (Å²) in [4.78, 5) is 4.75. The van der Waals surface area contributed by atoms with Crippen molar-refractivity contribution >= 4 is 0 Å². The van der Waals surface area contributed by atoms with Crippen molar-refractivity contribution in [2.75, 3.05) is 6.61 Å². The van der Waals surface area contributed by atoms with Crippen molar-refractivity contribution in [3.63, 3.8) is 0 Å². The molecule has 1 saturated carbocycles. The SMILES string of the molecule is CC(C)CC[C@@]1(c2ccccn2)CCOC2(CCCC2)C1. The molecule has 2 nitrogen and oxygen atoms in total. The molecule has 1 atom stereocenters. The molecule has 0 amide bonds. The number of hydrogen-bond acceptors (Lipinski definition) is 2. The number of nitrogens with zero attached hydrogens (tertiary/aromatic N) is 1. The van der Waals surface area contributed by atoms with Gasteiger partial charge in [-0.15, -0.1) is 0 Å². The maximum atomic E-state index is 6.28. The van der Waals surface area contributed by atoms with Crippen LogP contribution in [0.2, 0.25) is 0 Å². The molecule has 1 aliphatic carbocycles. The van der Waals surface area contributed by atoms with Gasteiger partial charge in [0.05, 0.1) is 5.60 Å². The van der Waals surface area contributed by atoms with Crippen molar-refractivity contribution in [1.82, 2.24) is 4.98 Å². The molecule has 0 aromatic carbocycles. The predicted molar refractivity (Wildman–Crippen MR) is 86.4 cm³/mol. The molecule has 2 fully saturated rings. The third-order valence-corrected chi connectivity index (χ3v) is 5.57. The van der Waals surface area contributed by atoms with Gasteiger partial charge in [0, 0.05) is 23.9 Å². The second-order valence-corrected chi connectivity index (χ2v) is 7.59. The molecule has 0 unspecified atom stereocenters. The molecule has 2 heteroatoms. The third kappa shape index (κ3) is 3.15. The van der Waals surface area contributed by atoms with Gasteiger partial charge in [-0.2, -0.15) is 0 Å². The molecule has 2 heterocycles. The summed E-state index contributed by atoms with van der Waals surface area (Å²) in [6.07, 6.45) is 12.0. The monoisotopic (exact) mass is 287 g/mol. The molecule has 21 heavy (non-hydrogen) atoms. The van der Waals surface area contributed by atoms with Gasteiger partial charge in [0.25, 0.3) is 0 Å². The normalized spacial score (nSPS) is 28.3. The predicted octanol–water partition coefficient (Wildman–Crippen LogP) is 4.88. The van der Waals surface area contributed by atoms with Gasteiger partial charge in [0.1, 0.15) is 0 Å². The molecule has 1 aromatic rings. The average molecular weight is 287 g/mol. The van der Waals surface area contributed by atoms with Crippen LogP contribution in [0.4, 0.5) is 0 Å². The molecule has 0 N–H and O–H groups in total. The van der Waals surface area contributed by atoms with Gasteiger partial charge in [-0.25, -0.2) is 0 Å². The van der Waals surface area contributed by atoms with Crippen LogP contribution in [0.1, 0.15) is 70.9 Å². The van der Waals surface area contributed by atoms with Crippen LogP contribution >= 0.6 is 0 Å². The highest BCUT2D eigenvalue weighted by Crippen LogP contribution is 2.50. The summed E-state index contributed by atoms with van der Waals surface area (Å²) in [7, 11) is 0. The van der Waals surface area contributed by atoms with E-state index in [2.05, 4.69) is 26.0 Å². The van der Waals surface area contributed by atoms with E-state index in [0.29, 0.717) is 0 Å². The highest BCUT2D eigenvalue weighted by Gasteiger charge is 2.48. The zero-order chi connectivity index (χ0) is 14.8. The molecule has 116 valence electrons. The Morgan fingerprint density at radius 3 is 2.67 bits per heavy atom. The van der Waals surface area contributed by atoms with Crippen LogP contribution in [-0.4, -0.2) is 17.2 Å². The number of aromatic nitrogens is 1. The lowest BCUT2D eigenvalue weighted by molar-refractivity contribution is -0.105. The summed E-state index contributed by atoms with van der Waals surface area (Å²) in [6.45, 7) is 5.57. The Kier molecular flexibility index (Phi) is 4.35. The highest BCUT2D eigenvalue weighted by molar-refractivity contribution is 5.20. The standard InChI is InChI=1S/C19H29NO/c1-16(2)8-11-18(17-7-3-6-13-20-17)12-14-21-19(15-18)9-4-5-10-19/h3,6-7,13,16H,4-5,8-12,14-15H2,1-2H3/t18-/m1/s1. The first kappa shape index (κ1) is 15.0. The molecule has 1 aromatic heterocycles. The number of hydrogen-bond donors (Lipinski definition) is 0. The second kappa shape index (κ2) is 6.08. The first-order chi connectivity index (χ1) is 10.1. The number of pyridine rings is 1. The second-order valence-electron chi connectivity index (χ2n) is 7.59. The van der Waals surface area contributed by atoms with Gasteiger partial charge in [-0.1, -0.05) is 39.2 Å². The van der Waals surface area contributed by atoms with E-state index in [-0.39, 0.29) is 11.0 Å². The van der Waals surface area contributed by atoms with Gasteiger partial charge in [-0.05, 0) is 50.2 Å². The topological polar surface area (TPSA) is 22.1 Å². The molecule has 1 spiro atoms. The van der Waals surface area contributed by atoms with Crippen molar-refractivity contribution in [3.8, 4) is 0 Å². The smallest absolute Gasteiger partial charge is 0.0691 e. The zero-order valence-corrected chi connectivity index (χ0v) is 13.6. The zero-order valence-electron chi connectivity index (χ0n) is 13.6. The fourth-order valence-corrected chi connectivity index (χ4v) is 4.36. The van der Waals surface area contributed by atoms with E-state index in [4.69, 9.17) is 9.72 Å². The first-order valence-corrected chi connectivity index (χ1v) is 8.70. The molecule has 3 rings (SSSR count). The van der Waals surface area contributed by atoms with Gasteiger partial charge in [0.2, 0.25) is 0 Å². The van der Waals surface area contributed by atoms with Gasteiger partial charge in [-0.3, -0.25) is 4.98 Å². The lowest BCUT2D eigenvalue weighted by atomic mass is 9.67. The van der Waals surface area contributed by atoms with Crippen LogP contribution in [0, 0.1) is 5.92 Å². The van der Waals surface area contributed by atoms with Crippen LogP contribution < -0.4 is 0 Å². The van der Waals surface area contributed by atoms with Crippen molar-refractivity contribution in [1.29, 1.82) is 0 Å². The van der Waals surface area contributed by atoms with E-state index < -0.39 is 0 Å². The Morgan fingerprint density at radius 2 is 2.00 bits per heavy atom. The summed E-state index contributed by atoms with van der Waals surface area (Å²) in [5, 5.41) is 0. The third-order valence-electron chi connectivity index (χ3n) is 5.57. The van der Waals surface area contributed by atoms with E-state index in [1.165, 1.54) is 50.6 Å². The summed E-state index contributed by atoms with van der Waals surface area (Å²) in [5.41, 5.74) is 1.71. The van der Waals surface area contributed by atoms with E-state index in [1.807, 2.05) is 12.3 Å². The minimum atomic E-state index is 0.159. The molecule has 0 bridgehead atoms. The molecular weight excluding hydrogens is 258 g/mol. The molecule has 1 saturated heterocycles. The van der Waals surface area contributed by atoms with Crippen LogP contribution in [0.15, 0.2) is 24.4 Å². The van der Waals surface area contributed by atoms with Crippen LogP contribution in [0.3, 0.4) is 0 Å². The van der Waals surface area contributed by atoms with Crippen molar-refractivity contribution in [3.05, 3.63) is 30.1 Å². The van der Waals surface area contributed by atoms with Gasteiger partial charge in [0.15, 0.2) is 0 Å². The summed E-state index contributed by atoms with van der Waals surface area (Å²) >= 11 is 0. The Morgan fingerprint density at radius 1 is 1.19 bits per heavy atom. The van der Waals surface area contributed by atoms with Crippen molar-refractivity contribution < 1.29 is 4.74 Å². The van der Waals surface area contributed by atoms with Crippen molar-refractivity contribution in [2.24, 2.45) is 5.92 Å². The molecule has 0 radical (unpaired) electrons. The lowest BCUT2D eigenvalue weighted by Crippen LogP contribution is -2.46. The highest BCUT2D eigenvalue weighted by atomic mass is 16.5. The maximum absolute atomic E-state index is 6.28. The van der Waals surface area contributed by atoms with E-state index >= 15 is 0 Å². The first-order valence-electron chi connectivity index (χ1n) is 8.70. The Hall–Kier alpha value is -0.890. The van der Waals surface area contributed by atoms with E-state index in [9.17, 15) is 0 Å². The quantitative estimate of drug-likeness (QED) is 0.787. The Labute approximate surface area is 129 Å². The number of rotatable bonds is 4. The van der Waals surface area contributed by atoms with Crippen LogP contribution in [0.25, 0.3) is 0 Å². The van der Waals surface area contributed by atoms with Crippen LogP contribution in [-0.2, 0) is 10.2 Å². The summed E-state index contributed by atoms with van der Waals surface area (Å²) < 4.78 is 6.28. The van der Waals surface area contributed by atoms with Crippen molar-refractivity contribution in [2.45, 2.75) is 76.2 Å². The number of ether oxygens (including phenoxy) is 1. The van der Waals surface area contributed by atoms with Crippen LogP contribution in [0.5, 0.6) is 0 Å². The van der Waals surface area contributed by atoms with E-state index in [1.54, 1.807) is 0 Å². The minimum Gasteiger partial charge on any atom is -0.375 e. The van der Waals surface area contributed by atoms with Gasteiger partial charge < -0.3 is 4.74 Å². The fourth-order valence-electron chi connectivity index (χ4n) is 4.36. The largest absolute Gasteiger partial charge is 0.375 e.